The van der Waals surface area contributed by atoms with Gasteiger partial charge in [0.05, 0.1) is 24.7 Å². The lowest BCUT2D eigenvalue weighted by molar-refractivity contribution is 0.106. The van der Waals surface area contributed by atoms with Gasteiger partial charge in [-0.3, -0.25) is 9.69 Å². The van der Waals surface area contributed by atoms with E-state index in [1.165, 1.54) is 12.1 Å². The van der Waals surface area contributed by atoms with E-state index >= 15 is 0 Å². The third-order valence-electron chi connectivity index (χ3n) is 6.23. The number of nitrogens with zero attached hydrogens (tertiary/aromatic N) is 5. The van der Waals surface area contributed by atoms with Crippen molar-refractivity contribution in [3.63, 3.8) is 0 Å². The average Bonchev–Trinajstić information content (AvgIpc) is 3.24. The highest BCUT2D eigenvalue weighted by Crippen LogP contribution is 2.29. The van der Waals surface area contributed by atoms with Gasteiger partial charge in [0.25, 0.3) is 5.56 Å². The van der Waals surface area contributed by atoms with E-state index in [0.29, 0.717) is 31.0 Å². The van der Waals surface area contributed by atoms with Gasteiger partial charge in [0.1, 0.15) is 5.82 Å². The third kappa shape index (κ3) is 5.47. The molecule has 0 aliphatic heterocycles. The standard InChI is InChI=1S/C26H31FN6O2/c1-16(2)24(25-29-30-31-33(25)14-19-5-7-22(27)8-6-19)32(9-10-34)15-21-13-20-12-17(3)11-18(4)23(20)28-26(21)35/h5-8,11-13,16,24,34H,9-10,14-15H2,1-4H3,(H,28,35). The van der Waals surface area contributed by atoms with E-state index in [4.69, 9.17) is 0 Å². The Morgan fingerprint density at radius 3 is 2.57 bits per heavy atom. The maximum absolute atomic E-state index is 13.3. The Balaban J connectivity index is 1.69. The summed E-state index contributed by atoms with van der Waals surface area (Å²) < 4.78 is 15.0. The molecule has 2 aromatic carbocycles. The number of rotatable bonds is 9. The first-order chi connectivity index (χ1) is 16.8. The highest BCUT2D eigenvalue weighted by Gasteiger charge is 2.29. The van der Waals surface area contributed by atoms with Crippen molar-refractivity contribution >= 4 is 10.9 Å². The molecular formula is C26H31FN6O2. The Morgan fingerprint density at radius 1 is 1.14 bits per heavy atom. The van der Waals surface area contributed by atoms with Crippen molar-refractivity contribution in [2.75, 3.05) is 13.2 Å². The predicted octanol–water partition coefficient (Wildman–Crippen LogP) is 3.51. The van der Waals surface area contributed by atoms with E-state index in [2.05, 4.69) is 40.4 Å². The number of fused-ring (bicyclic) bond motifs is 1. The second-order valence-corrected chi connectivity index (χ2v) is 9.37. The Bertz CT molecular complexity index is 1360. The fourth-order valence-corrected chi connectivity index (χ4v) is 4.70. The average molecular weight is 479 g/mol. The Kier molecular flexibility index (Phi) is 7.37. The summed E-state index contributed by atoms with van der Waals surface area (Å²) in [4.78, 5) is 18.1. The SMILES string of the molecule is Cc1cc(C)c2[nH]c(=O)c(CN(CCO)C(c3nnnn3Cc3ccc(F)cc3)C(C)C)cc2c1. The summed E-state index contributed by atoms with van der Waals surface area (Å²) in [5.74, 6) is 0.413. The predicted molar refractivity (Wildman–Crippen MR) is 132 cm³/mol. The first kappa shape index (κ1) is 24.7. The van der Waals surface area contributed by atoms with Crippen LogP contribution in [-0.2, 0) is 13.1 Å². The number of halogens is 1. The van der Waals surface area contributed by atoms with E-state index < -0.39 is 0 Å². The van der Waals surface area contributed by atoms with Crippen molar-refractivity contribution in [3.05, 3.63) is 86.7 Å². The fourth-order valence-electron chi connectivity index (χ4n) is 4.70. The molecule has 9 heteroatoms. The molecule has 1 atom stereocenters. The zero-order valence-electron chi connectivity index (χ0n) is 20.5. The van der Waals surface area contributed by atoms with E-state index in [1.54, 1.807) is 16.8 Å². The molecule has 184 valence electrons. The molecule has 0 fully saturated rings. The number of H-pyrrole nitrogens is 1. The van der Waals surface area contributed by atoms with Crippen molar-refractivity contribution < 1.29 is 9.50 Å². The highest BCUT2D eigenvalue weighted by molar-refractivity contribution is 5.82. The number of aliphatic hydroxyl groups is 1. The van der Waals surface area contributed by atoms with Crippen molar-refractivity contribution in [3.8, 4) is 0 Å². The van der Waals surface area contributed by atoms with Gasteiger partial charge in [-0.05, 0) is 71.0 Å². The van der Waals surface area contributed by atoms with Crippen LogP contribution in [0.3, 0.4) is 0 Å². The number of benzene rings is 2. The van der Waals surface area contributed by atoms with Crippen LogP contribution in [0.5, 0.6) is 0 Å². The summed E-state index contributed by atoms with van der Waals surface area (Å²) in [7, 11) is 0. The summed E-state index contributed by atoms with van der Waals surface area (Å²) in [6, 6.07) is 12.0. The first-order valence-electron chi connectivity index (χ1n) is 11.8. The van der Waals surface area contributed by atoms with Crippen LogP contribution in [0.2, 0.25) is 0 Å². The lowest BCUT2D eigenvalue weighted by atomic mass is 10.00. The third-order valence-corrected chi connectivity index (χ3v) is 6.23. The topological polar surface area (TPSA) is 99.9 Å². The highest BCUT2D eigenvalue weighted by atomic mass is 19.1. The first-order valence-corrected chi connectivity index (χ1v) is 11.8. The van der Waals surface area contributed by atoms with E-state index in [1.807, 2.05) is 30.9 Å². The van der Waals surface area contributed by atoms with Gasteiger partial charge in [-0.1, -0.05) is 37.6 Å². The second kappa shape index (κ2) is 10.5. The van der Waals surface area contributed by atoms with Crippen LogP contribution in [-0.4, -0.2) is 48.3 Å². The van der Waals surface area contributed by atoms with Gasteiger partial charge in [0, 0.05) is 18.7 Å². The van der Waals surface area contributed by atoms with Crippen molar-refractivity contribution in [2.45, 2.75) is 46.8 Å². The second-order valence-electron chi connectivity index (χ2n) is 9.37. The van der Waals surface area contributed by atoms with Gasteiger partial charge in [-0.15, -0.1) is 5.10 Å². The summed E-state index contributed by atoms with van der Waals surface area (Å²) in [6.07, 6.45) is 0. The molecule has 0 aliphatic carbocycles. The quantitative estimate of drug-likeness (QED) is 0.382. The van der Waals surface area contributed by atoms with Gasteiger partial charge in [0.15, 0.2) is 5.82 Å². The molecule has 2 heterocycles. The summed E-state index contributed by atoms with van der Waals surface area (Å²) in [6.45, 7) is 9.11. The zero-order chi connectivity index (χ0) is 25.1. The van der Waals surface area contributed by atoms with E-state index in [-0.39, 0.29) is 29.9 Å². The smallest absolute Gasteiger partial charge is 0.252 e. The van der Waals surface area contributed by atoms with Crippen LogP contribution in [0.25, 0.3) is 10.9 Å². The lowest BCUT2D eigenvalue weighted by Crippen LogP contribution is -2.37. The Hall–Kier alpha value is -3.43. The molecule has 8 nitrogen and oxygen atoms in total. The maximum atomic E-state index is 13.3. The van der Waals surface area contributed by atoms with Gasteiger partial charge in [-0.25, -0.2) is 9.07 Å². The van der Waals surface area contributed by atoms with Crippen LogP contribution in [0.15, 0.2) is 47.3 Å². The maximum Gasteiger partial charge on any atom is 0.252 e. The van der Waals surface area contributed by atoms with Crippen molar-refractivity contribution in [2.24, 2.45) is 5.92 Å². The minimum atomic E-state index is -0.300. The number of pyridine rings is 1. The molecule has 0 saturated heterocycles. The number of aryl methyl sites for hydroxylation is 2. The largest absolute Gasteiger partial charge is 0.395 e. The number of aliphatic hydroxyl groups excluding tert-OH is 1. The molecule has 0 radical (unpaired) electrons. The Morgan fingerprint density at radius 2 is 1.89 bits per heavy atom. The normalized spacial score (nSPS) is 12.7. The van der Waals surface area contributed by atoms with Gasteiger partial charge in [-0.2, -0.15) is 0 Å². The van der Waals surface area contributed by atoms with Crippen molar-refractivity contribution in [1.82, 2.24) is 30.1 Å². The van der Waals surface area contributed by atoms with Gasteiger partial charge >= 0.3 is 0 Å². The summed E-state index contributed by atoms with van der Waals surface area (Å²) in [5.41, 5.74) is 4.31. The number of nitrogens with one attached hydrogen (secondary N) is 1. The summed E-state index contributed by atoms with van der Waals surface area (Å²) in [5, 5.41) is 23.2. The molecule has 4 rings (SSSR count). The van der Waals surface area contributed by atoms with E-state index in [0.717, 1.165) is 27.6 Å². The molecule has 2 N–H and O–H groups in total. The van der Waals surface area contributed by atoms with Crippen LogP contribution in [0.1, 0.15) is 48.0 Å². The van der Waals surface area contributed by atoms with E-state index in [9.17, 15) is 14.3 Å². The number of tetrazole rings is 1. The zero-order valence-corrected chi connectivity index (χ0v) is 20.5. The molecule has 1 unspecified atom stereocenters. The lowest BCUT2D eigenvalue weighted by Gasteiger charge is -2.33. The van der Waals surface area contributed by atoms with Gasteiger partial charge < -0.3 is 10.1 Å². The molecule has 35 heavy (non-hydrogen) atoms. The minimum absolute atomic E-state index is 0.0769. The summed E-state index contributed by atoms with van der Waals surface area (Å²) >= 11 is 0. The molecular weight excluding hydrogens is 447 g/mol. The molecule has 0 bridgehead atoms. The monoisotopic (exact) mass is 478 g/mol. The minimum Gasteiger partial charge on any atom is -0.395 e. The number of hydrogen-bond acceptors (Lipinski definition) is 6. The van der Waals surface area contributed by atoms with Crippen LogP contribution >= 0.6 is 0 Å². The molecule has 0 aliphatic rings. The van der Waals surface area contributed by atoms with Crippen LogP contribution in [0, 0.1) is 25.6 Å². The Labute approximate surface area is 203 Å². The number of hydrogen-bond donors (Lipinski definition) is 2. The fraction of sp³-hybridized carbons (Fsp3) is 0.385. The molecule has 2 aromatic heterocycles. The number of aromatic amines is 1. The molecule has 0 spiro atoms. The molecule has 0 saturated carbocycles. The molecule has 0 amide bonds. The molecule has 4 aromatic rings. The number of aromatic nitrogens is 5. The van der Waals surface area contributed by atoms with Crippen LogP contribution in [0.4, 0.5) is 4.39 Å². The van der Waals surface area contributed by atoms with Crippen LogP contribution < -0.4 is 5.56 Å². The van der Waals surface area contributed by atoms with Crippen molar-refractivity contribution in [1.29, 1.82) is 0 Å². The van der Waals surface area contributed by atoms with Gasteiger partial charge in [0.2, 0.25) is 0 Å².